The summed E-state index contributed by atoms with van der Waals surface area (Å²) in [4.78, 5) is 2.29. The van der Waals surface area contributed by atoms with Crippen LogP contribution in [0.4, 0.5) is 8.78 Å². The Balaban J connectivity index is 2.05. The minimum absolute atomic E-state index is 0.334. The van der Waals surface area contributed by atoms with Crippen molar-refractivity contribution in [2.24, 2.45) is 0 Å². The second-order valence-corrected chi connectivity index (χ2v) is 6.17. The van der Waals surface area contributed by atoms with Crippen molar-refractivity contribution < 1.29 is 13.9 Å². The molecular formula is C16H23F2NO. The molecule has 2 nitrogen and oxygen atoms in total. The Hall–Kier alpha value is -1.00. The van der Waals surface area contributed by atoms with Crippen LogP contribution >= 0.6 is 0 Å². The minimum Gasteiger partial charge on any atom is -0.391 e. The number of halogens is 2. The maximum Gasteiger partial charge on any atom is 0.159 e. The van der Waals surface area contributed by atoms with Crippen LogP contribution in [0.2, 0.25) is 0 Å². The lowest BCUT2D eigenvalue weighted by Gasteiger charge is -2.44. The average Bonchev–Trinajstić information content (AvgIpc) is 2.44. The molecule has 1 aromatic carbocycles. The van der Waals surface area contributed by atoms with E-state index in [1.165, 1.54) is 18.6 Å². The Bertz CT molecular complexity index is 456. The summed E-state index contributed by atoms with van der Waals surface area (Å²) in [5.74, 6) is -1.70. The molecule has 1 aliphatic rings. The van der Waals surface area contributed by atoms with Crippen molar-refractivity contribution >= 4 is 0 Å². The van der Waals surface area contributed by atoms with Crippen LogP contribution in [-0.4, -0.2) is 34.7 Å². The number of aliphatic hydroxyl groups is 1. The predicted molar refractivity (Wildman–Crippen MR) is 75.6 cm³/mol. The smallest absolute Gasteiger partial charge is 0.159 e. The number of benzene rings is 1. The first-order valence-corrected chi connectivity index (χ1v) is 7.28. The summed E-state index contributed by atoms with van der Waals surface area (Å²) in [5, 5.41) is 10.5. The van der Waals surface area contributed by atoms with E-state index in [-0.39, 0.29) is 5.54 Å². The second kappa shape index (κ2) is 6.19. The maximum atomic E-state index is 13.2. The van der Waals surface area contributed by atoms with Crippen LogP contribution in [0.1, 0.15) is 38.7 Å². The zero-order valence-electron chi connectivity index (χ0n) is 12.2. The van der Waals surface area contributed by atoms with E-state index in [4.69, 9.17) is 0 Å². The van der Waals surface area contributed by atoms with Crippen molar-refractivity contribution in [3.63, 3.8) is 0 Å². The lowest BCUT2D eigenvalue weighted by molar-refractivity contribution is -0.0187. The summed E-state index contributed by atoms with van der Waals surface area (Å²) in [6.45, 7) is 6.01. The zero-order chi connectivity index (χ0) is 14.8. The van der Waals surface area contributed by atoms with Crippen LogP contribution in [0.25, 0.3) is 0 Å². The van der Waals surface area contributed by atoms with Crippen molar-refractivity contribution in [1.29, 1.82) is 0 Å². The largest absolute Gasteiger partial charge is 0.391 e. The number of likely N-dealkylation sites (tertiary alicyclic amines) is 1. The third-order valence-corrected chi connectivity index (χ3v) is 4.40. The number of hydrogen-bond donors (Lipinski definition) is 1. The van der Waals surface area contributed by atoms with Gasteiger partial charge < -0.3 is 5.11 Å². The highest BCUT2D eigenvalue weighted by Gasteiger charge is 2.34. The highest BCUT2D eigenvalue weighted by atomic mass is 19.2. The van der Waals surface area contributed by atoms with Crippen molar-refractivity contribution in [3.05, 3.63) is 35.4 Å². The molecule has 1 unspecified atom stereocenters. The Morgan fingerprint density at radius 3 is 2.40 bits per heavy atom. The number of hydrogen-bond acceptors (Lipinski definition) is 2. The van der Waals surface area contributed by atoms with Gasteiger partial charge in [0.05, 0.1) is 6.10 Å². The summed E-state index contributed by atoms with van der Waals surface area (Å²) < 4.78 is 26.1. The highest BCUT2D eigenvalue weighted by molar-refractivity contribution is 5.19. The first-order chi connectivity index (χ1) is 9.41. The molecule has 112 valence electrons. The van der Waals surface area contributed by atoms with E-state index in [0.717, 1.165) is 32.0 Å². The van der Waals surface area contributed by atoms with Crippen molar-refractivity contribution in [1.82, 2.24) is 4.90 Å². The van der Waals surface area contributed by atoms with E-state index < -0.39 is 17.7 Å². The van der Waals surface area contributed by atoms with Gasteiger partial charge >= 0.3 is 0 Å². The molecule has 1 heterocycles. The van der Waals surface area contributed by atoms with Gasteiger partial charge in [0.1, 0.15) is 0 Å². The van der Waals surface area contributed by atoms with Gasteiger partial charge in [-0.3, -0.25) is 4.90 Å². The maximum absolute atomic E-state index is 13.2. The molecule has 1 aromatic rings. The fourth-order valence-corrected chi connectivity index (χ4v) is 2.82. The normalized spacial score (nSPS) is 19.1. The van der Waals surface area contributed by atoms with Crippen LogP contribution in [0.15, 0.2) is 18.2 Å². The first-order valence-electron chi connectivity index (χ1n) is 7.28. The van der Waals surface area contributed by atoms with E-state index in [1.807, 2.05) is 13.8 Å². The molecule has 4 heteroatoms. The molecule has 0 radical (unpaired) electrons. The van der Waals surface area contributed by atoms with Crippen molar-refractivity contribution in [2.75, 3.05) is 13.1 Å². The van der Waals surface area contributed by atoms with Crippen molar-refractivity contribution in [3.8, 4) is 0 Å². The fourth-order valence-electron chi connectivity index (χ4n) is 2.82. The standard InChI is InChI=1S/C16H23F2NO/c1-16(2,19-8-4-3-5-9-19)15(20)11-12-6-7-13(17)14(18)10-12/h6-7,10,15,20H,3-5,8-9,11H2,1-2H3. The van der Waals surface area contributed by atoms with E-state index >= 15 is 0 Å². The molecule has 0 bridgehead atoms. The molecule has 0 saturated carbocycles. The van der Waals surface area contributed by atoms with Gasteiger partial charge in [-0.05, 0) is 57.5 Å². The molecule has 1 saturated heterocycles. The number of nitrogens with zero attached hydrogens (tertiary/aromatic N) is 1. The molecule has 0 aromatic heterocycles. The molecule has 0 amide bonds. The molecule has 1 fully saturated rings. The van der Waals surface area contributed by atoms with Crippen LogP contribution in [0.5, 0.6) is 0 Å². The van der Waals surface area contributed by atoms with E-state index in [2.05, 4.69) is 4.90 Å². The quantitative estimate of drug-likeness (QED) is 0.917. The molecule has 2 rings (SSSR count). The highest BCUT2D eigenvalue weighted by Crippen LogP contribution is 2.26. The summed E-state index contributed by atoms with van der Waals surface area (Å²) in [6.07, 6.45) is 3.28. The second-order valence-electron chi connectivity index (χ2n) is 6.17. The average molecular weight is 283 g/mol. The minimum atomic E-state index is -0.856. The van der Waals surface area contributed by atoms with Gasteiger partial charge in [-0.15, -0.1) is 0 Å². The fraction of sp³-hybridized carbons (Fsp3) is 0.625. The molecule has 1 aliphatic heterocycles. The van der Waals surface area contributed by atoms with Gasteiger partial charge in [0.25, 0.3) is 0 Å². The molecular weight excluding hydrogens is 260 g/mol. The van der Waals surface area contributed by atoms with Gasteiger partial charge in [0.15, 0.2) is 11.6 Å². The predicted octanol–water partition coefficient (Wildman–Crippen LogP) is 3.13. The van der Waals surface area contributed by atoms with Gasteiger partial charge in [0, 0.05) is 12.0 Å². The van der Waals surface area contributed by atoms with E-state index in [9.17, 15) is 13.9 Å². The zero-order valence-corrected chi connectivity index (χ0v) is 12.2. The lowest BCUT2D eigenvalue weighted by atomic mass is 9.88. The molecule has 0 aliphatic carbocycles. The van der Waals surface area contributed by atoms with Gasteiger partial charge in [-0.25, -0.2) is 8.78 Å². The number of piperidine rings is 1. The number of aliphatic hydroxyl groups excluding tert-OH is 1. The summed E-state index contributed by atoms with van der Waals surface area (Å²) in [5.41, 5.74) is 0.271. The van der Waals surface area contributed by atoms with Crippen molar-refractivity contribution in [2.45, 2.75) is 51.2 Å². The van der Waals surface area contributed by atoms with Gasteiger partial charge in [-0.2, -0.15) is 0 Å². The summed E-state index contributed by atoms with van der Waals surface area (Å²) in [6, 6.07) is 3.82. The van der Waals surface area contributed by atoms with Crippen LogP contribution in [0, 0.1) is 11.6 Å². The monoisotopic (exact) mass is 283 g/mol. The Labute approximate surface area is 119 Å². The van der Waals surface area contributed by atoms with Crippen LogP contribution in [-0.2, 0) is 6.42 Å². The topological polar surface area (TPSA) is 23.5 Å². The van der Waals surface area contributed by atoms with Crippen LogP contribution < -0.4 is 0 Å². The Morgan fingerprint density at radius 1 is 1.15 bits per heavy atom. The first kappa shape index (κ1) is 15.4. The van der Waals surface area contributed by atoms with Crippen LogP contribution in [0.3, 0.4) is 0 Å². The summed E-state index contributed by atoms with van der Waals surface area (Å²) >= 11 is 0. The Morgan fingerprint density at radius 2 is 1.80 bits per heavy atom. The van der Waals surface area contributed by atoms with Gasteiger partial charge in [0.2, 0.25) is 0 Å². The molecule has 20 heavy (non-hydrogen) atoms. The molecule has 1 atom stereocenters. The van der Waals surface area contributed by atoms with E-state index in [1.54, 1.807) is 0 Å². The van der Waals surface area contributed by atoms with Gasteiger partial charge in [-0.1, -0.05) is 12.5 Å². The molecule has 1 N–H and O–H groups in total. The third kappa shape index (κ3) is 3.36. The molecule has 0 spiro atoms. The Kier molecular flexibility index (Phi) is 4.76. The lowest BCUT2D eigenvalue weighted by Crippen LogP contribution is -2.54. The third-order valence-electron chi connectivity index (χ3n) is 4.40. The summed E-state index contributed by atoms with van der Waals surface area (Å²) in [7, 11) is 0. The number of rotatable bonds is 4. The SMILES string of the molecule is CC(C)(C(O)Cc1ccc(F)c(F)c1)N1CCCCC1. The van der Waals surface area contributed by atoms with E-state index in [0.29, 0.717) is 12.0 Å².